The molecule has 2 aromatic heterocycles. The smallest absolute Gasteiger partial charge is 0.325 e. The maximum Gasteiger partial charge on any atom is 0.325 e. The van der Waals surface area contributed by atoms with Crippen LogP contribution in [0, 0.1) is 0 Å². The van der Waals surface area contributed by atoms with E-state index in [-0.39, 0.29) is 11.5 Å². The lowest BCUT2D eigenvalue weighted by atomic mass is 10.0. The number of H-pyrrole nitrogens is 1. The third-order valence-corrected chi connectivity index (χ3v) is 5.11. The summed E-state index contributed by atoms with van der Waals surface area (Å²) < 4.78 is 3.59. The molecule has 0 fully saturated rings. The number of thioether (sulfide) groups is 1. The van der Waals surface area contributed by atoms with Crippen molar-refractivity contribution in [2.75, 3.05) is 11.2 Å². The zero-order chi connectivity index (χ0) is 18.4. The molecule has 4 rings (SSSR count). The van der Waals surface area contributed by atoms with Crippen molar-refractivity contribution < 1.29 is 9.48 Å². The lowest BCUT2D eigenvalue weighted by Crippen LogP contribution is -2.61. The van der Waals surface area contributed by atoms with Gasteiger partial charge in [0.25, 0.3) is 0 Å². The van der Waals surface area contributed by atoms with Crippen LogP contribution < -0.4 is 15.1 Å². The number of amides is 1. The Morgan fingerprint density at radius 1 is 1.27 bits per heavy atom. The van der Waals surface area contributed by atoms with Gasteiger partial charge < -0.3 is 4.57 Å². The van der Waals surface area contributed by atoms with E-state index >= 15 is 0 Å². The van der Waals surface area contributed by atoms with Crippen molar-refractivity contribution in [3.63, 3.8) is 0 Å². The second kappa shape index (κ2) is 6.14. The number of benzene rings is 1. The van der Waals surface area contributed by atoms with Crippen LogP contribution in [-0.2, 0) is 11.8 Å². The molecule has 7 nitrogen and oxygen atoms in total. The first-order chi connectivity index (χ1) is 12.5. The van der Waals surface area contributed by atoms with Crippen LogP contribution in [-0.4, -0.2) is 26.8 Å². The molecular formula is C18H18N5O2S+. The number of para-hydroxylation sites is 1. The van der Waals surface area contributed by atoms with E-state index in [1.54, 1.807) is 9.58 Å². The molecule has 0 unspecified atom stereocenters. The van der Waals surface area contributed by atoms with E-state index in [1.165, 1.54) is 18.7 Å². The molecule has 0 saturated carbocycles. The topological polar surface area (TPSA) is 74.9 Å². The molecular weight excluding hydrogens is 350 g/mol. The van der Waals surface area contributed by atoms with Gasteiger partial charge in [-0.05, 0) is 35.2 Å². The number of fused-ring (bicyclic) bond motifs is 3. The average Bonchev–Trinajstić information content (AvgIpc) is 3.05. The molecule has 0 radical (unpaired) electrons. The number of hydrogen-bond donors (Lipinski definition) is 1. The minimum absolute atomic E-state index is 0.116. The first-order valence-corrected chi connectivity index (χ1v) is 9.36. The van der Waals surface area contributed by atoms with Gasteiger partial charge in [0.15, 0.2) is 0 Å². The van der Waals surface area contributed by atoms with Crippen molar-refractivity contribution >= 4 is 23.4 Å². The Balaban J connectivity index is 2.12. The van der Waals surface area contributed by atoms with Crippen LogP contribution in [0.25, 0.3) is 11.3 Å². The SMILES string of the molecule is CSc1n[n+]2c(c(=O)[nH]1)-c1ccccc1N(C(C)=O)[C@H]2c1cccn1C. The summed E-state index contributed by atoms with van der Waals surface area (Å²) in [6, 6.07) is 11.3. The molecule has 1 N–H and O–H groups in total. The molecule has 3 aromatic rings. The van der Waals surface area contributed by atoms with E-state index in [9.17, 15) is 9.59 Å². The molecule has 1 aliphatic rings. The average molecular weight is 368 g/mol. The van der Waals surface area contributed by atoms with Gasteiger partial charge in [0.1, 0.15) is 5.69 Å². The van der Waals surface area contributed by atoms with Gasteiger partial charge in [-0.1, -0.05) is 23.9 Å². The summed E-state index contributed by atoms with van der Waals surface area (Å²) in [6.45, 7) is 1.53. The number of carbonyl (C=O) groups is 1. The minimum atomic E-state index is -0.536. The predicted molar refractivity (Wildman–Crippen MR) is 99.0 cm³/mol. The maximum absolute atomic E-state index is 12.8. The predicted octanol–water partition coefficient (Wildman–Crippen LogP) is 1.70. The Hall–Kier alpha value is -2.87. The van der Waals surface area contributed by atoms with Gasteiger partial charge in [-0.2, -0.15) is 0 Å². The number of hydrogen-bond acceptors (Lipinski definition) is 4. The highest BCUT2D eigenvalue weighted by Gasteiger charge is 2.45. The molecule has 0 bridgehead atoms. The van der Waals surface area contributed by atoms with Gasteiger partial charge in [0, 0.05) is 25.3 Å². The lowest BCUT2D eigenvalue weighted by molar-refractivity contribution is -0.763. The molecule has 1 atom stereocenters. The van der Waals surface area contributed by atoms with E-state index in [4.69, 9.17) is 0 Å². The summed E-state index contributed by atoms with van der Waals surface area (Å²) in [5.74, 6) is -0.116. The van der Waals surface area contributed by atoms with Gasteiger partial charge >= 0.3 is 17.4 Å². The second-order valence-corrected chi connectivity index (χ2v) is 6.88. The number of anilines is 1. The fourth-order valence-corrected chi connectivity index (χ4v) is 3.78. The van der Waals surface area contributed by atoms with Gasteiger partial charge in [-0.15, -0.1) is 0 Å². The number of nitrogens with zero attached hydrogens (tertiary/aromatic N) is 4. The maximum atomic E-state index is 12.8. The van der Waals surface area contributed by atoms with Crippen molar-refractivity contribution in [2.24, 2.45) is 7.05 Å². The van der Waals surface area contributed by atoms with Gasteiger partial charge in [0.05, 0.1) is 11.3 Å². The standard InChI is InChI=1S/C18H17N5O2S/c1-11(24)22-13-8-5-4-7-12(13)15-16(25)19-18(26-3)20-23(15)17(22)14-9-6-10-21(14)2/h4-10,17H,1-3H3/p+1/t17-/m1/s1. The summed E-state index contributed by atoms with van der Waals surface area (Å²) in [6.07, 6.45) is 3.23. The highest BCUT2D eigenvalue weighted by atomic mass is 32.2. The fourth-order valence-electron chi connectivity index (χ4n) is 3.41. The Bertz CT molecular complexity index is 1070. The number of aromatic amines is 1. The van der Waals surface area contributed by atoms with E-state index in [2.05, 4.69) is 10.1 Å². The molecule has 0 spiro atoms. The van der Waals surface area contributed by atoms with Crippen molar-refractivity contribution in [2.45, 2.75) is 18.2 Å². The Labute approximate surface area is 154 Å². The van der Waals surface area contributed by atoms with Gasteiger partial charge in [0.2, 0.25) is 11.1 Å². The third kappa shape index (κ3) is 2.37. The highest BCUT2D eigenvalue weighted by Crippen LogP contribution is 2.37. The second-order valence-electron chi connectivity index (χ2n) is 6.08. The molecule has 1 aliphatic heterocycles. The Kier molecular flexibility index (Phi) is 3.91. The summed E-state index contributed by atoms with van der Waals surface area (Å²) in [5, 5.41) is 5.12. The van der Waals surface area contributed by atoms with E-state index in [0.29, 0.717) is 22.1 Å². The number of aryl methyl sites for hydroxylation is 1. The normalized spacial score (nSPS) is 15.5. The third-order valence-electron chi connectivity index (χ3n) is 4.54. The van der Waals surface area contributed by atoms with Gasteiger partial charge in [-0.25, -0.2) is 4.90 Å². The molecule has 1 aromatic carbocycles. The van der Waals surface area contributed by atoms with Crippen molar-refractivity contribution in [3.05, 3.63) is 58.6 Å². The van der Waals surface area contributed by atoms with Crippen LogP contribution >= 0.6 is 11.8 Å². The number of carbonyl (C=O) groups excluding carboxylic acids is 1. The highest BCUT2D eigenvalue weighted by molar-refractivity contribution is 7.98. The molecule has 0 aliphatic carbocycles. The van der Waals surface area contributed by atoms with Crippen molar-refractivity contribution in [1.29, 1.82) is 0 Å². The zero-order valence-corrected chi connectivity index (χ0v) is 15.4. The monoisotopic (exact) mass is 368 g/mol. The van der Waals surface area contributed by atoms with Crippen molar-refractivity contribution in [3.8, 4) is 11.3 Å². The van der Waals surface area contributed by atoms with Gasteiger partial charge in [-0.3, -0.25) is 14.6 Å². The van der Waals surface area contributed by atoms with E-state index in [1.807, 2.05) is 60.5 Å². The first kappa shape index (κ1) is 16.6. The molecule has 132 valence electrons. The van der Waals surface area contributed by atoms with Crippen LogP contribution in [0.1, 0.15) is 18.8 Å². The summed E-state index contributed by atoms with van der Waals surface area (Å²) in [5.41, 5.74) is 2.48. The van der Waals surface area contributed by atoms with Crippen LogP contribution in [0.5, 0.6) is 0 Å². The van der Waals surface area contributed by atoms with E-state index in [0.717, 1.165) is 5.69 Å². The fraction of sp³-hybridized carbons (Fsp3) is 0.222. The summed E-state index contributed by atoms with van der Waals surface area (Å²) in [4.78, 5) is 30.0. The van der Waals surface area contributed by atoms with Crippen LogP contribution in [0.4, 0.5) is 5.69 Å². The summed E-state index contributed by atoms with van der Waals surface area (Å²) in [7, 11) is 1.91. The first-order valence-electron chi connectivity index (χ1n) is 8.13. The number of aromatic nitrogens is 4. The number of rotatable bonds is 2. The molecule has 1 amide bonds. The largest absolute Gasteiger partial charge is 0.347 e. The molecule has 8 heteroatoms. The van der Waals surface area contributed by atoms with E-state index < -0.39 is 6.17 Å². The Morgan fingerprint density at radius 3 is 2.69 bits per heavy atom. The van der Waals surface area contributed by atoms with Crippen LogP contribution in [0.3, 0.4) is 0 Å². The Morgan fingerprint density at radius 2 is 2.04 bits per heavy atom. The molecule has 0 saturated heterocycles. The minimum Gasteiger partial charge on any atom is -0.347 e. The quantitative estimate of drug-likeness (QED) is 0.552. The van der Waals surface area contributed by atoms with Crippen molar-refractivity contribution in [1.82, 2.24) is 14.6 Å². The van der Waals surface area contributed by atoms with Crippen LogP contribution in [0.15, 0.2) is 52.5 Å². The zero-order valence-electron chi connectivity index (χ0n) is 14.6. The molecule has 26 heavy (non-hydrogen) atoms. The van der Waals surface area contributed by atoms with Crippen LogP contribution in [0.2, 0.25) is 0 Å². The number of nitrogens with one attached hydrogen (secondary N) is 1. The lowest BCUT2D eigenvalue weighted by Gasteiger charge is -2.31. The molecule has 3 heterocycles. The summed E-state index contributed by atoms with van der Waals surface area (Å²) >= 11 is 1.35.